The van der Waals surface area contributed by atoms with Crippen LogP contribution in [0.15, 0.2) is 0 Å². The number of rotatable bonds is 5. The summed E-state index contributed by atoms with van der Waals surface area (Å²) in [7, 11) is 0. The first-order chi connectivity index (χ1) is 9.11. The molecule has 0 aromatic carbocycles. The second kappa shape index (κ2) is 6.85. The van der Waals surface area contributed by atoms with Crippen molar-refractivity contribution in [2.24, 2.45) is 5.92 Å². The van der Waals surface area contributed by atoms with Crippen molar-refractivity contribution in [2.75, 3.05) is 6.54 Å². The molecule has 0 bridgehead atoms. The van der Waals surface area contributed by atoms with E-state index in [1.807, 2.05) is 11.3 Å². The molecule has 0 aliphatic heterocycles. The Morgan fingerprint density at radius 3 is 2.89 bits per heavy atom. The van der Waals surface area contributed by atoms with Crippen LogP contribution < -0.4 is 5.32 Å². The van der Waals surface area contributed by atoms with E-state index < -0.39 is 0 Å². The van der Waals surface area contributed by atoms with Gasteiger partial charge < -0.3 is 5.32 Å². The summed E-state index contributed by atoms with van der Waals surface area (Å²) in [5, 5.41) is 4.98. The van der Waals surface area contributed by atoms with E-state index in [2.05, 4.69) is 33.0 Å². The van der Waals surface area contributed by atoms with Gasteiger partial charge in [0.05, 0.1) is 10.7 Å². The lowest BCUT2D eigenvalue weighted by Crippen LogP contribution is -2.18. The molecule has 19 heavy (non-hydrogen) atoms. The lowest BCUT2D eigenvalue weighted by molar-refractivity contribution is 0.343. The van der Waals surface area contributed by atoms with Gasteiger partial charge in [-0.15, -0.1) is 11.3 Å². The van der Waals surface area contributed by atoms with Gasteiger partial charge in [-0.1, -0.05) is 26.7 Å². The summed E-state index contributed by atoms with van der Waals surface area (Å²) in [6.45, 7) is 10.1. The maximum atomic E-state index is 4.88. The first-order valence-electron chi connectivity index (χ1n) is 7.82. The largest absolute Gasteiger partial charge is 0.309 e. The topological polar surface area (TPSA) is 24.9 Å². The van der Waals surface area contributed by atoms with E-state index in [0.717, 1.165) is 18.4 Å². The third-order valence-corrected chi connectivity index (χ3v) is 5.73. The zero-order chi connectivity index (χ0) is 13.8. The zero-order valence-electron chi connectivity index (χ0n) is 12.8. The fourth-order valence-corrected chi connectivity index (χ4v) is 4.36. The fourth-order valence-electron chi connectivity index (χ4n) is 3.12. The molecule has 3 heteroatoms. The average molecular weight is 280 g/mol. The van der Waals surface area contributed by atoms with E-state index in [1.165, 1.54) is 47.7 Å². The Kier molecular flexibility index (Phi) is 5.40. The number of thiazole rings is 1. The van der Waals surface area contributed by atoms with Gasteiger partial charge in [-0.25, -0.2) is 4.98 Å². The van der Waals surface area contributed by atoms with Crippen LogP contribution in [0.5, 0.6) is 0 Å². The van der Waals surface area contributed by atoms with E-state index in [-0.39, 0.29) is 0 Å². The number of aryl methyl sites for hydroxylation is 1. The Bertz CT molecular complexity index is 399. The average Bonchev–Trinajstić information content (AvgIpc) is 2.78. The van der Waals surface area contributed by atoms with Crippen LogP contribution in [0.1, 0.15) is 80.4 Å². The van der Waals surface area contributed by atoms with Crippen LogP contribution in [-0.4, -0.2) is 11.5 Å². The quantitative estimate of drug-likeness (QED) is 0.837. The van der Waals surface area contributed by atoms with Gasteiger partial charge in [0.15, 0.2) is 0 Å². The Balaban J connectivity index is 2.07. The highest BCUT2D eigenvalue weighted by Crippen LogP contribution is 2.39. The molecule has 1 aromatic heterocycles. The molecule has 0 radical (unpaired) electrons. The molecule has 0 amide bonds. The van der Waals surface area contributed by atoms with E-state index in [9.17, 15) is 0 Å². The van der Waals surface area contributed by atoms with Crippen molar-refractivity contribution in [3.8, 4) is 0 Å². The predicted molar refractivity (Wildman–Crippen MR) is 83.9 cm³/mol. The van der Waals surface area contributed by atoms with Crippen molar-refractivity contribution in [3.05, 3.63) is 15.6 Å². The molecular formula is C16H28N2S. The molecule has 1 fully saturated rings. The molecule has 1 saturated carbocycles. The molecule has 3 unspecified atom stereocenters. The van der Waals surface area contributed by atoms with Gasteiger partial charge in [-0.05, 0) is 45.6 Å². The smallest absolute Gasteiger partial charge is 0.0962 e. The highest BCUT2D eigenvalue weighted by Gasteiger charge is 2.24. The molecular weight excluding hydrogens is 252 g/mol. The monoisotopic (exact) mass is 280 g/mol. The van der Waals surface area contributed by atoms with Crippen LogP contribution in [-0.2, 0) is 0 Å². The molecule has 1 aliphatic carbocycles. The van der Waals surface area contributed by atoms with E-state index in [1.54, 1.807) is 0 Å². The second-order valence-corrected chi connectivity index (χ2v) is 7.21. The lowest BCUT2D eigenvalue weighted by Gasteiger charge is -2.24. The van der Waals surface area contributed by atoms with Crippen LogP contribution in [0, 0.1) is 12.8 Å². The van der Waals surface area contributed by atoms with Crippen molar-refractivity contribution in [2.45, 2.75) is 71.8 Å². The summed E-state index contributed by atoms with van der Waals surface area (Å²) in [4.78, 5) is 6.32. The summed E-state index contributed by atoms with van der Waals surface area (Å²) < 4.78 is 0. The summed E-state index contributed by atoms with van der Waals surface area (Å²) in [5.41, 5.74) is 1.24. The molecule has 2 rings (SSSR count). The van der Waals surface area contributed by atoms with Gasteiger partial charge in [-0.3, -0.25) is 0 Å². The van der Waals surface area contributed by atoms with Gasteiger partial charge >= 0.3 is 0 Å². The Hall–Kier alpha value is -0.410. The molecule has 1 aliphatic rings. The number of hydrogen-bond donors (Lipinski definition) is 1. The van der Waals surface area contributed by atoms with Gasteiger partial charge in [0, 0.05) is 16.8 Å². The van der Waals surface area contributed by atoms with Crippen LogP contribution in [0.25, 0.3) is 0 Å². The zero-order valence-corrected chi connectivity index (χ0v) is 13.6. The number of nitrogens with zero attached hydrogens (tertiary/aromatic N) is 1. The van der Waals surface area contributed by atoms with Crippen LogP contribution in [0.4, 0.5) is 0 Å². The first-order valence-corrected chi connectivity index (χ1v) is 8.64. The first kappa shape index (κ1) is 15.0. The molecule has 2 nitrogen and oxygen atoms in total. The third-order valence-electron chi connectivity index (χ3n) is 4.23. The van der Waals surface area contributed by atoms with Gasteiger partial charge in [0.1, 0.15) is 0 Å². The molecule has 0 saturated heterocycles. The minimum absolute atomic E-state index is 0.451. The Labute approximate surface area is 122 Å². The van der Waals surface area contributed by atoms with Crippen molar-refractivity contribution < 1.29 is 0 Å². The third kappa shape index (κ3) is 3.79. The summed E-state index contributed by atoms with van der Waals surface area (Å²) >= 11 is 1.95. The molecule has 108 valence electrons. The van der Waals surface area contributed by atoms with Crippen molar-refractivity contribution in [3.63, 3.8) is 0 Å². The predicted octanol–water partition coefficient (Wildman–Crippen LogP) is 4.81. The second-order valence-electron chi connectivity index (χ2n) is 6.15. The number of aromatic nitrogens is 1. The molecule has 1 N–H and O–H groups in total. The molecule has 0 spiro atoms. The Morgan fingerprint density at radius 1 is 1.42 bits per heavy atom. The minimum atomic E-state index is 0.451. The molecule has 1 aromatic rings. The van der Waals surface area contributed by atoms with E-state index in [4.69, 9.17) is 4.98 Å². The van der Waals surface area contributed by atoms with Crippen LogP contribution in [0.3, 0.4) is 0 Å². The van der Waals surface area contributed by atoms with Crippen molar-refractivity contribution in [1.82, 2.24) is 10.3 Å². The minimum Gasteiger partial charge on any atom is -0.309 e. The SMILES string of the molecule is CCCNC(C)c1sc(C2CCCC(C)C2)nc1C. The maximum Gasteiger partial charge on any atom is 0.0962 e. The van der Waals surface area contributed by atoms with Gasteiger partial charge in [0.25, 0.3) is 0 Å². The Morgan fingerprint density at radius 2 is 2.21 bits per heavy atom. The summed E-state index contributed by atoms with van der Waals surface area (Å²) in [5.74, 6) is 1.60. The van der Waals surface area contributed by atoms with E-state index in [0.29, 0.717) is 6.04 Å². The summed E-state index contributed by atoms with van der Waals surface area (Å²) in [6.07, 6.45) is 6.65. The van der Waals surface area contributed by atoms with Crippen LogP contribution in [0.2, 0.25) is 0 Å². The molecule has 1 heterocycles. The highest BCUT2D eigenvalue weighted by molar-refractivity contribution is 7.11. The van der Waals surface area contributed by atoms with Gasteiger partial charge in [0.2, 0.25) is 0 Å². The fraction of sp³-hybridized carbons (Fsp3) is 0.812. The summed E-state index contributed by atoms with van der Waals surface area (Å²) in [6, 6.07) is 0.451. The number of hydrogen-bond acceptors (Lipinski definition) is 3. The van der Waals surface area contributed by atoms with Gasteiger partial charge in [-0.2, -0.15) is 0 Å². The number of nitrogens with one attached hydrogen (secondary N) is 1. The van der Waals surface area contributed by atoms with Crippen molar-refractivity contribution in [1.29, 1.82) is 0 Å². The highest BCUT2D eigenvalue weighted by atomic mass is 32.1. The van der Waals surface area contributed by atoms with Crippen molar-refractivity contribution >= 4 is 11.3 Å². The molecule has 3 atom stereocenters. The van der Waals surface area contributed by atoms with Crippen LogP contribution >= 0.6 is 11.3 Å². The normalized spacial score (nSPS) is 25.5. The maximum absolute atomic E-state index is 4.88. The van der Waals surface area contributed by atoms with E-state index >= 15 is 0 Å². The lowest BCUT2D eigenvalue weighted by atomic mass is 9.83. The standard InChI is InChI=1S/C16H28N2S/c1-5-9-17-12(3)15-13(4)18-16(19-15)14-8-6-7-11(2)10-14/h11-12,14,17H,5-10H2,1-4H3.